The summed E-state index contributed by atoms with van der Waals surface area (Å²) in [4.78, 5) is 0. The number of rotatable bonds is 6. The van der Waals surface area contributed by atoms with Crippen LogP contribution < -0.4 is 5.32 Å². The molecule has 0 fully saturated rings. The van der Waals surface area contributed by atoms with Crippen molar-refractivity contribution in [2.45, 2.75) is 39.7 Å². The van der Waals surface area contributed by atoms with Gasteiger partial charge in [-0.1, -0.05) is 6.92 Å². The molecule has 1 atom stereocenters. The van der Waals surface area contributed by atoms with Crippen LogP contribution in [0, 0.1) is 13.8 Å². The molecular formula is C15H23N3O. The van der Waals surface area contributed by atoms with E-state index in [2.05, 4.69) is 31.2 Å². The van der Waals surface area contributed by atoms with Crippen molar-refractivity contribution in [3.05, 3.63) is 41.1 Å². The van der Waals surface area contributed by atoms with E-state index in [0.29, 0.717) is 0 Å². The monoisotopic (exact) mass is 261 g/mol. The van der Waals surface area contributed by atoms with Crippen molar-refractivity contribution in [3.63, 3.8) is 0 Å². The van der Waals surface area contributed by atoms with E-state index in [1.54, 1.807) is 6.26 Å². The van der Waals surface area contributed by atoms with Gasteiger partial charge < -0.3 is 9.73 Å². The van der Waals surface area contributed by atoms with Gasteiger partial charge in [0.25, 0.3) is 0 Å². The van der Waals surface area contributed by atoms with Gasteiger partial charge in [0.2, 0.25) is 0 Å². The Morgan fingerprint density at radius 1 is 1.42 bits per heavy atom. The second-order valence-corrected chi connectivity index (χ2v) is 4.94. The summed E-state index contributed by atoms with van der Waals surface area (Å²) in [6, 6.07) is 4.26. The number of aryl methyl sites for hydroxylation is 2. The molecule has 0 amide bonds. The summed E-state index contributed by atoms with van der Waals surface area (Å²) in [6.07, 6.45) is 3.78. The van der Waals surface area contributed by atoms with Crippen LogP contribution in [0.4, 0.5) is 0 Å². The maximum atomic E-state index is 5.52. The molecule has 2 aromatic heterocycles. The summed E-state index contributed by atoms with van der Waals surface area (Å²) >= 11 is 0. The Morgan fingerprint density at radius 2 is 2.21 bits per heavy atom. The largest absolute Gasteiger partial charge is 0.468 e. The molecule has 0 bridgehead atoms. The zero-order chi connectivity index (χ0) is 13.8. The summed E-state index contributed by atoms with van der Waals surface area (Å²) in [7, 11) is 2.00. The number of nitrogens with one attached hydrogen (secondary N) is 1. The fourth-order valence-electron chi connectivity index (χ4n) is 2.55. The smallest absolute Gasteiger partial charge is 0.120 e. The Balaban J connectivity index is 2.07. The third-order valence-electron chi connectivity index (χ3n) is 3.68. The average Bonchev–Trinajstić information content (AvgIpc) is 2.97. The van der Waals surface area contributed by atoms with Gasteiger partial charge in [-0.2, -0.15) is 5.10 Å². The Kier molecular flexibility index (Phi) is 4.43. The van der Waals surface area contributed by atoms with Crippen molar-refractivity contribution < 1.29 is 4.42 Å². The molecule has 0 radical (unpaired) electrons. The Bertz CT molecular complexity index is 514. The molecule has 0 aromatic carbocycles. The van der Waals surface area contributed by atoms with Crippen molar-refractivity contribution in [1.29, 1.82) is 0 Å². The molecule has 2 rings (SSSR count). The van der Waals surface area contributed by atoms with Gasteiger partial charge in [-0.05, 0) is 50.9 Å². The molecule has 0 saturated carbocycles. The van der Waals surface area contributed by atoms with Crippen LogP contribution in [0.2, 0.25) is 0 Å². The zero-order valence-electron chi connectivity index (χ0n) is 12.2. The summed E-state index contributed by atoms with van der Waals surface area (Å²) < 4.78 is 7.48. The van der Waals surface area contributed by atoms with E-state index >= 15 is 0 Å². The van der Waals surface area contributed by atoms with E-state index in [4.69, 9.17) is 4.42 Å². The molecule has 0 spiro atoms. The fourth-order valence-corrected chi connectivity index (χ4v) is 2.55. The molecule has 0 aliphatic rings. The lowest BCUT2D eigenvalue weighted by molar-refractivity contribution is 0.401. The van der Waals surface area contributed by atoms with Crippen LogP contribution in [0.15, 0.2) is 22.8 Å². The Morgan fingerprint density at radius 3 is 2.74 bits per heavy atom. The van der Waals surface area contributed by atoms with E-state index in [1.807, 2.05) is 23.9 Å². The second-order valence-electron chi connectivity index (χ2n) is 4.94. The van der Waals surface area contributed by atoms with Crippen LogP contribution in [0.25, 0.3) is 0 Å². The van der Waals surface area contributed by atoms with Crippen LogP contribution in [-0.2, 0) is 13.5 Å². The minimum Gasteiger partial charge on any atom is -0.468 e. The number of hydrogen-bond donors (Lipinski definition) is 1. The number of aromatic nitrogens is 2. The highest BCUT2D eigenvalue weighted by atomic mass is 16.3. The Hall–Kier alpha value is -1.55. The first kappa shape index (κ1) is 13.9. The first-order chi connectivity index (χ1) is 9.13. The van der Waals surface area contributed by atoms with E-state index in [0.717, 1.165) is 30.8 Å². The molecule has 0 aliphatic heterocycles. The second kappa shape index (κ2) is 6.06. The SMILES string of the molecule is CCNC(CCc1c(C)nn(C)c1C)c1ccco1. The highest BCUT2D eigenvalue weighted by Crippen LogP contribution is 2.22. The predicted molar refractivity (Wildman–Crippen MR) is 76.1 cm³/mol. The molecule has 19 heavy (non-hydrogen) atoms. The highest BCUT2D eigenvalue weighted by Gasteiger charge is 2.16. The van der Waals surface area contributed by atoms with Gasteiger partial charge in [0.1, 0.15) is 5.76 Å². The van der Waals surface area contributed by atoms with Gasteiger partial charge >= 0.3 is 0 Å². The third-order valence-corrected chi connectivity index (χ3v) is 3.68. The van der Waals surface area contributed by atoms with Crippen molar-refractivity contribution in [1.82, 2.24) is 15.1 Å². The number of furan rings is 1. The topological polar surface area (TPSA) is 43.0 Å². The van der Waals surface area contributed by atoms with Gasteiger partial charge in [0.15, 0.2) is 0 Å². The van der Waals surface area contributed by atoms with E-state index in [9.17, 15) is 0 Å². The van der Waals surface area contributed by atoms with E-state index in [-0.39, 0.29) is 6.04 Å². The minimum absolute atomic E-state index is 0.277. The van der Waals surface area contributed by atoms with Crippen molar-refractivity contribution in [2.75, 3.05) is 6.54 Å². The standard InChI is InChI=1S/C15H23N3O/c1-5-16-14(15-7-6-10-19-15)9-8-13-11(2)17-18(4)12(13)3/h6-7,10,14,16H,5,8-9H2,1-4H3. The number of nitrogens with zero attached hydrogens (tertiary/aromatic N) is 2. The first-order valence-electron chi connectivity index (χ1n) is 6.89. The molecule has 2 heterocycles. The normalized spacial score (nSPS) is 12.8. The van der Waals surface area contributed by atoms with Crippen molar-refractivity contribution in [2.24, 2.45) is 7.05 Å². The van der Waals surface area contributed by atoms with E-state index in [1.165, 1.54) is 11.3 Å². The lowest BCUT2D eigenvalue weighted by atomic mass is 10.0. The van der Waals surface area contributed by atoms with Crippen molar-refractivity contribution >= 4 is 0 Å². The van der Waals surface area contributed by atoms with Crippen LogP contribution in [0.1, 0.15) is 42.1 Å². The maximum Gasteiger partial charge on any atom is 0.120 e. The van der Waals surface area contributed by atoms with Crippen LogP contribution in [0.5, 0.6) is 0 Å². The fraction of sp³-hybridized carbons (Fsp3) is 0.533. The number of hydrogen-bond acceptors (Lipinski definition) is 3. The average molecular weight is 261 g/mol. The zero-order valence-corrected chi connectivity index (χ0v) is 12.2. The van der Waals surface area contributed by atoms with Gasteiger partial charge in [-0.25, -0.2) is 0 Å². The lowest BCUT2D eigenvalue weighted by Gasteiger charge is -2.15. The van der Waals surface area contributed by atoms with Crippen LogP contribution in [0.3, 0.4) is 0 Å². The quantitative estimate of drug-likeness (QED) is 0.869. The molecule has 0 aliphatic carbocycles. The summed E-state index contributed by atoms with van der Waals surface area (Å²) in [5.74, 6) is 1.01. The molecule has 0 saturated heterocycles. The molecule has 104 valence electrons. The maximum absolute atomic E-state index is 5.52. The molecule has 2 aromatic rings. The van der Waals surface area contributed by atoms with Crippen molar-refractivity contribution in [3.8, 4) is 0 Å². The molecule has 4 heteroatoms. The van der Waals surface area contributed by atoms with Gasteiger partial charge in [-0.3, -0.25) is 4.68 Å². The molecule has 1 unspecified atom stereocenters. The summed E-state index contributed by atoms with van der Waals surface area (Å²) in [5, 5.41) is 7.95. The predicted octanol–water partition coefficient (Wildman–Crippen LogP) is 2.91. The minimum atomic E-state index is 0.277. The molecular weight excluding hydrogens is 238 g/mol. The van der Waals surface area contributed by atoms with Gasteiger partial charge in [-0.15, -0.1) is 0 Å². The molecule has 4 nitrogen and oxygen atoms in total. The van der Waals surface area contributed by atoms with Crippen LogP contribution >= 0.6 is 0 Å². The summed E-state index contributed by atoms with van der Waals surface area (Å²) in [5.41, 5.74) is 3.75. The van der Waals surface area contributed by atoms with Gasteiger partial charge in [0, 0.05) is 12.7 Å². The highest BCUT2D eigenvalue weighted by molar-refractivity contribution is 5.24. The Labute approximate surface area is 114 Å². The third kappa shape index (κ3) is 3.07. The van der Waals surface area contributed by atoms with E-state index < -0.39 is 0 Å². The molecule has 1 N–H and O–H groups in total. The summed E-state index contributed by atoms with van der Waals surface area (Å²) in [6.45, 7) is 7.27. The lowest BCUT2D eigenvalue weighted by Crippen LogP contribution is -2.21. The van der Waals surface area contributed by atoms with Crippen LogP contribution in [-0.4, -0.2) is 16.3 Å². The first-order valence-corrected chi connectivity index (χ1v) is 6.89. The van der Waals surface area contributed by atoms with Gasteiger partial charge in [0.05, 0.1) is 18.0 Å².